The molecule has 0 aliphatic heterocycles. The van der Waals surface area contributed by atoms with Crippen molar-refractivity contribution in [1.29, 1.82) is 0 Å². The van der Waals surface area contributed by atoms with E-state index in [1.54, 1.807) is 0 Å². The van der Waals surface area contributed by atoms with Crippen LogP contribution in [0.4, 0.5) is 5.82 Å². The third kappa shape index (κ3) is 3.65. The molecule has 0 fully saturated rings. The standard InChI is InChI=1S/C11H16BrClN2/c1-7(6-13)8(2)14-11-5-4-10(12)9(3)15-11/h4-5,7-8H,6H2,1-3H3,(H,14,15). The van der Waals surface area contributed by atoms with Gasteiger partial charge in [0.25, 0.3) is 0 Å². The van der Waals surface area contributed by atoms with E-state index < -0.39 is 0 Å². The summed E-state index contributed by atoms with van der Waals surface area (Å²) in [4.78, 5) is 4.43. The fourth-order valence-corrected chi connectivity index (χ4v) is 1.62. The Labute approximate surface area is 105 Å². The van der Waals surface area contributed by atoms with E-state index in [1.165, 1.54) is 0 Å². The van der Waals surface area contributed by atoms with Crippen molar-refractivity contribution in [3.8, 4) is 0 Å². The number of anilines is 1. The Morgan fingerprint density at radius 2 is 2.13 bits per heavy atom. The molecule has 4 heteroatoms. The molecule has 0 spiro atoms. The Bertz CT molecular complexity index is 330. The van der Waals surface area contributed by atoms with E-state index >= 15 is 0 Å². The highest BCUT2D eigenvalue weighted by molar-refractivity contribution is 9.10. The number of halogens is 2. The van der Waals surface area contributed by atoms with E-state index in [2.05, 4.69) is 40.1 Å². The maximum Gasteiger partial charge on any atom is 0.126 e. The summed E-state index contributed by atoms with van der Waals surface area (Å²) in [5.41, 5.74) is 0.991. The molecule has 0 saturated carbocycles. The average Bonchev–Trinajstić information content (AvgIpc) is 2.22. The van der Waals surface area contributed by atoms with E-state index in [0.717, 1.165) is 16.0 Å². The number of pyridine rings is 1. The molecular formula is C11H16BrClN2. The fourth-order valence-electron chi connectivity index (χ4n) is 1.13. The van der Waals surface area contributed by atoms with Crippen LogP contribution >= 0.6 is 27.5 Å². The maximum atomic E-state index is 5.80. The molecule has 0 radical (unpaired) electrons. The van der Waals surface area contributed by atoms with Crippen LogP contribution in [0.15, 0.2) is 16.6 Å². The van der Waals surface area contributed by atoms with Gasteiger partial charge in [0.15, 0.2) is 0 Å². The summed E-state index contributed by atoms with van der Waals surface area (Å²) >= 11 is 9.23. The summed E-state index contributed by atoms with van der Waals surface area (Å²) < 4.78 is 1.03. The number of aromatic nitrogens is 1. The Balaban J connectivity index is 2.68. The van der Waals surface area contributed by atoms with Crippen molar-refractivity contribution in [3.63, 3.8) is 0 Å². The lowest BCUT2D eigenvalue weighted by molar-refractivity contribution is 0.564. The molecule has 1 heterocycles. The topological polar surface area (TPSA) is 24.9 Å². The Hall–Kier alpha value is -0.280. The molecule has 0 aliphatic rings. The predicted octanol–water partition coefficient (Wildman–Crippen LogP) is 3.83. The van der Waals surface area contributed by atoms with Crippen molar-refractivity contribution < 1.29 is 0 Å². The molecule has 0 aliphatic carbocycles. The smallest absolute Gasteiger partial charge is 0.126 e. The molecular weight excluding hydrogens is 275 g/mol. The van der Waals surface area contributed by atoms with Crippen molar-refractivity contribution in [2.45, 2.75) is 26.8 Å². The first-order chi connectivity index (χ1) is 7.04. The van der Waals surface area contributed by atoms with Gasteiger partial charge in [0.2, 0.25) is 0 Å². The van der Waals surface area contributed by atoms with Crippen LogP contribution in [0.3, 0.4) is 0 Å². The summed E-state index contributed by atoms with van der Waals surface area (Å²) in [7, 11) is 0. The third-order valence-electron chi connectivity index (χ3n) is 2.49. The monoisotopic (exact) mass is 290 g/mol. The number of rotatable bonds is 4. The number of alkyl halides is 1. The lowest BCUT2D eigenvalue weighted by atomic mass is 10.1. The van der Waals surface area contributed by atoms with Gasteiger partial charge in [-0.25, -0.2) is 4.98 Å². The van der Waals surface area contributed by atoms with Gasteiger partial charge in [-0.1, -0.05) is 6.92 Å². The highest BCUT2D eigenvalue weighted by Gasteiger charge is 2.11. The van der Waals surface area contributed by atoms with E-state index in [4.69, 9.17) is 11.6 Å². The molecule has 0 aromatic carbocycles. The molecule has 84 valence electrons. The van der Waals surface area contributed by atoms with E-state index in [9.17, 15) is 0 Å². The number of hydrogen-bond donors (Lipinski definition) is 1. The van der Waals surface area contributed by atoms with Gasteiger partial charge in [0.1, 0.15) is 5.82 Å². The Morgan fingerprint density at radius 1 is 1.47 bits per heavy atom. The quantitative estimate of drug-likeness (QED) is 0.853. The van der Waals surface area contributed by atoms with E-state index in [1.807, 2.05) is 19.1 Å². The molecule has 2 unspecified atom stereocenters. The summed E-state index contributed by atoms with van der Waals surface area (Å²) in [5.74, 6) is 1.99. The average molecular weight is 292 g/mol. The zero-order valence-electron chi connectivity index (χ0n) is 9.22. The minimum Gasteiger partial charge on any atom is -0.367 e. The van der Waals surface area contributed by atoms with Gasteiger partial charge in [-0.05, 0) is 47.8 Å². The van der Waals surface area contributed by atoms with Gasteiger partial charge in [-0.2, -0.15) is 0 Å². The molecule has 0 saturated heterocycles. The van der Waals surface area contributed by atoms with Gasteiger partial charge in [-0.15, -0.1) is 11.6 Å². The third-order valence-corrected chi connectivity index (χ3v) is 3.82. The molecule has 1 aromatic heterocycles. The van der Waals surface area contributed by atoms with Gasteiger partial charge in [0.05, 0.1) is 5.69 Å². The second-order valence-electron chi connectivity index (χ2n) is 3.83. The van der Waals surface area contributed by atoms with Crippen molar-refractivity contribution in [1.82, 2.24) is 4.98 Å². The summed E-state index contributed by atoms with van der Waals surface area (Å²) in [6.07, 6.45) is 0. The highest BCUT2D eigenvalue weighted by Crippen LogP contribution is 2.18. The lowest BCUT2D eigenvalue weighted by Gasteiger charge is -2.19. The van der Waals surface area contributed by atoms with Crippen LogP contribution in [-0.2, 0) is 0 Å². The van der Waals surface area contributed by atoms with Gasteiger partial charge in [-0.3, -0.25) is 0 Å². The van der Waals surface area contributed by atoms with Crippen LogP contribution in [0.25, 0.3) is 0 Å². The molecule has 15 heavy (non-hydrogen) atoms. The normalized spacial score (nSPS) is 14.7. The SMILES string of the molecule is Cc1nc(NC(C)C(C)CCl)ccc1Br. The zero-order chi connectivity index (χ0) is 11.4. The van der Waals surface area contributed by atoms with Gasteiger partial charge < -0.3 is 5.32 Å². The number of aryl methyl sites for hydroxylation is 1. The predicted molar refractivity (Wildman–Crippen MR) is 69.6 cm³/mol. The number of hydrogen-bond acceptors (Lipinski definition) is 2. The van der Waals surface area contributed by atoms with Crippen LogP contribution in [0, 0.1) is 12.8 Å². The first kappa shape index (κ1) is 12.8. The first-order valence-electron chi connectivity index (χ1n) is 5.00. The van der Waals surface area contributed by atoms with Crippen LogP contribution < -0.4 is 5.32 Å². The molecule has 1 rings (SSSR count). The Morgan fingerprint density at radius 3 is 2.67 bits per heavy atom. The molecule has 2 nitrogen and oxygen atoms in total. The molecule has 1 aromatic rings. The number of nitrogens with zero attached hydrogens (tertiary/aromatic N) is 1. The summed E-state index contributed by atoms with van der Waals surface area (Å²) in [5, 5.41) is 3.34. The van der Waals surface area contributed by atoms with Gasteiger partial charge >= 0.3 is 0 Å². The minimum atomic E-state index is 0.329. The number of nitrogens with one attached hydrogen (secondary N) is 1. The van der Waals surface area contributed by atoms with Crippen molar-refractivity contribution in [2.75, 3.05) is 11.2 Å². The Kier molecular flexibility index (Phi) is 4.87. The van der Waals surface area contributed by atoms with Crippen LogP contribution in [0.1, 0.15) is 19.5 Å². The molecule has 2 atom stereocenters. The summed E-state index contributed by atoms with van der Waals surface area (Å²) in [6.45, 7) is 6.22. The molecule has 0 amide bonds. The second-order valence-corrected chi connectivity index (χ2v) is 4.99. The highest BCUT2D eigenvalue weighted by atomic mass is 79.9. The van der Waals surface area contributed by atoms with E-state index in [-0.39, 0.29) is 0 Å². The summed E-state index contributed by atoms with van der Waals surface area (Å²) in [6, 6.07) is 4.30. The molecule has 1 N–H and O–H groups in total. The lowest BCUT2D eigenvalue weighted by Crippen LogP contribution is -2.25. The van der Waals surface area contributed by atoms with Crippen LogP contribution in [0.2, 0.25) is 0 Å². The van der Waals surface area contributed by atoms with Crippen molar-refractivity contribution in [3.05, 3.63) is 22.3 Å². The minimum absolute atomic E-state index is 0.329. The maximum absolute atomic E-state index is 5.80. The van der Waals surface area contributed by atoms with Crippen molar-refractivity contribution >= 4 is 33.3 Å². The van der Waals surface area contributed by atoms with E-state index in [0.29, 0.717) is 17.8 Å². The fraction of sp³-hybridized carbons (Fsp3) is 0.545. The van der Waals surface area contributed by atoms with Crippen LogP contribution in [-0.4, -0.2) is 16.9 Å². The van der Waals surface area contributed by atoms with Gasteiger partial charge in [0, 0.05) is 16.4 Å². The largest absolute Gasteiger partial charge is 0.367 e. The van der Waals surface area contributed by atoms with Crippen molar-refractivity contribution in [2.24, 2.45) is 5.92 Å². The first-order valence-corrected chi connectivity index (χ1v) is 6.33. The molecule has 0 bridgehead atoms. The second kappa shape index (κ2) is 5.71. The van der Waals surface area contributed by atoms with Crippen LogP contribution in [0.5, 0.6) is 0 Å². The zero-order valence-corrected chi connectivity index (χ0v) is 11.6.